The van der Waals surface area contributed by atoms with Crippen LogP contribution in [0.3, 0.4) is 0 Å². The van der Waals surface area contributed by atoms with Gasteiger partial charge in [0.15, 0.2) is 0 Å². The Labute approximate surface area is 279 Å². The zero-order chi connectivity index (χ0) is 24.9. The summed E-state index contributed by atoms with van der Waals surface area (Å²) in [4.78, 5) is 9.58. The molecule has 0 heterocycles. The van der Waals surface area contributed by atoms with E-state index in [4.69, 9.17) is 0 Å². The molecule has 0 atom stereocenters. The molecule has 0 aliphatic rings. The molecule has 0 saturated heterocycles. The number of nitro benzene ring substituents is 1. The van der Waals surface area contributed by atoms with E-state index in [1.165, 1.54) is 24.3 Å². The molecule has 3 aromatic rings. The molecule has 0 amide bonds. The second-order valence-electron chi connectivity index (χ2n) is 6.43. The average Bonchev–Trinajstić information content (AvgIpc) is 2.77. The van der Waals surface area contributed by atoms with E-state index >= 15 is 0 Å². The number of nitro groups is 1. The average molecular weight is 616 g/mol. The third-order valence-corrected chi connectivity index (χ3v) is 6.91. The summed E-state index contributed by atoms with van der Waals surface area (Å²) in [7, 11) is -4.55. The molecule has 0 fully saturated rings. The maximum Gasteiger partial charge on any atom is 1.00 e. The third-order valence-electron chi connectivity index (χ3n) is 4.08. The van der Waals surface area contributed by atoms with Crippen molar-refractivity contribution in [3.8, 4) is 0 Å². The van der Waals surface area contributed by atoms with Crippen molar-refractivity contribution in [2.45, 2.75) is 4.90 Å². The largest absolute Gasteiger partial charge is 1.00 e. The zero-order valence-electron chi connectivity index (χ0n) is 19.7. The fraction of sp³-hybridized carbons (Fsp3) is 0. The molecular weight excluding hydrogens is 604 g/mol. The van der Waals surface area contributed by atoms with E-state index in [-0.39, 0.29) is 99.3 Å². The van der Waals surface area contributed by atoms with Crippen molar-refractivity contribution in [2.24, 2.45) is 20.6 Å². The predicted molar refractivity (Wildman–Crippen MR) is 112 cm³/mol. The molecule has 0 aromatic heterocycles. The number of rotatable bonds is 8. The number of non-ortho nitro benzene ring substituents is 1. The predicted octanol–water partition coefficient (Wildman–Crippen LogP) is -7.67. The normalized spacial score (nSPS) is 11.3. The molecule has 3 rings (SSSR count). The van der Waals surface area contributed by atoms with Crippen LogP contribution in [0.5, 0.6) is 0 Å². The van der Waals surface area contributed by atoms with Gasteiger partial charge in [-0.2, -0.15) is 0 Å². The fourth-order valence-electron chi connectivity index (χ4n) is 2.46. The van der Waals surface area contributed by atoms with Gasteiger partial charge in [0.25, 0.3) is 0 Å². The van der Waals surface area contributed by atoms with E-state index in [0.29, 0.717) is 23.1 Å². The molecule has 3 aromatic carbocycles. The van der Waals surface area contributed by atoms with Crippen molar-refractivity contribution >= 4 is 57.1 Å². The molecule has 0 saturated carbocycles. The van der Waals surface area contributed by atoms with Crippen LogP contribution in [-0.2, 0) is 13.9 Å². The van der Waals surface area contributed by atoms with Crippen molar-refractivity contribution < 1.29 is 118 Å². The molecule has 1 N–H and O–H groups in total. The van der Waals surface area contributed by atoms with Gasteiger partial charge in [-0.1, -0.05) is 0 Å². The van der Waals surface area contributed by atoms with Crippen LogP contribution in [0.1, 0.15) is 0 Å². The maximum absolute atomic E-state index is 11.5. The Morgan fingerprint density at radius 2 is 1.32 bits per heavy atom. The molecule has 0 radical (unpaired) electrons. The van der Waals surface area contributed by atoms with Gasteiger partial charge in [0.05, 0.1) is 4.90 Å². The molecule has 0 aliphatic heterocycles. The summed E-state index contributed by atoms with van der Waals surface area (Å²) in [6.07, 6.45) is 0. The van der Waals surface area contributed by atoms with Gasteiger partial charge in [0.1, 0.15) is 10.1 Å². The first-order valence-electron chi connectivity index (χ1n) is 8.99. The van der Waals surface area contributed by atoms with Gasteiger partial charge in [-0.25, -0.2) is 8.42 Å². The Morgan fingerprint density at radius 3 is 1.78 bits per heavy atom. The monoisotopic (exact) mass is 616 g/mol. The summed E-state index contributed by atoms with van der Waals surface area (Å²) in [6, 6.07) is 13.7. The molecule has 176 valence electrons. The van der Waals surface area contributed by atoms with Crippen LogP contribution < -0.4 is 107 Å². The Kier molecular flexibility index (Phi) is 15.4. The second kappa shape index (κ2) is 15.7. The zero-order valence-corrected chi connectivity index (χ0v) is 28.4. The van der Waals surface area contributed by atoms with Crippen molar-refractivity contribution in [3.63, 3.8) is 0 Å². The van der Waals surface area contributed by atoms with Crippen molar-refractivity contribution in [3.05, 3.63) is 76.8 Å². The number of nitrogens with one attached hydrogen (secondary N) is 1. The first-order valence-corrected chi connectivity index (χ1v) is 13.6. The molecule has 14 nitrogen and oxygen atoms in total. The van der Waals surface area contributed by atoms with Crippen LogP contribution in [0.4, 0.5) is 28.4 Å². The molecule has 37 heavy (non-hydrogen) atoms. The Hall–Kier alpha value is -0.752. The van der Waals surface area contributed by atoms with Gasteiger partial charge < -0.3 is 4.55 Å². The molecule has 19 heteroatoms. The van der Waals surface area contributed by atoms with E-state index in [9.17, 15) is 35.0 Å². The van der Waals surface area contributed by atoms with Crippen LogP contribution in [-0.4, -0.2) is 32.1 Å². The van der Waals surface area contributed by atoms with Gasteiger partial charge in [-0.05, 0) is 24.3 Å². The number of azo groups is 1. The number of hydrogen-bond donors (Lipinski definition) is 1. The van der Waals surface area contributed by atoms with Gasteiger partial charge in [-0.3, -0.25) is 0 Å². The fourth-order valence-corrected chi connectivity index (χ4v) is 4.38. The molecule has 0 bridgehead atoms. The third kappa shape index (κ3) is 11.1. The number of nitrogens with zero attached hydrogens (tertiary/aromatic N) is 5. The SMILES string of the molecule is O=[N+]([O-])c1ccc(N=NNc2ccc(N=Nc3ccc(S(=O)(=O)[O-])cc3)cc2)c([As](=O)([O-])[O-])c1.[Na+].[Na+].[Na+]. The van der Waals surface area contributed by atoms with Crippen molar-refractivity contribution in [2.75, 3.05) is 5.43 Å². The van der Waals surface area contributed by atoms with Crippen molar-refractivity contribution in [1.82, 2.24) is 0 Å². The number of benzene rings is 3. The molecule has 0 aliphatic carbocycles. The molecule has 0 unspecified atom stereocenters. The standard InChI is InChI=1S/C18H15AsN6O8S.3Na/c26-19(27,28)17-11-15(25(29)30)7-10-18(17)23-24-22-14-3-1-12(2-4-14)20-21-13-5-8-16(9-6-13)34(31,32)33;;;/h1-11H,(H,22,23)(H2,26,27,28)(H,31,32,33);;;/q;3*+1/p-3. The summed E-state index contributed by atoms with van der Waals surface area (Å²) in [6.45, 7) is 0. The molecule has 0 spiro atoms. The summed E-state index contributed by atoms with van der Waals surface area (Å²) < 4.78 is 66.3. The number of anilines is 1. The van der Waals surface area contributed by atoms with E-state index in [1.807, 2.05) is 0 Å². The summed E-state index contributed by atoms with van der Waals surface area (Å²) in [5.41, 5.74) is 2.75. The van der Waals surface area contributed by atoms with Crippen LogP contribution in [0.2, 0.25) is 0 Å². The minimum atomic E-state index is -6.01. The van der Waals surface area contributed by atoms with Gasteiger partial charge in [0, 0.05) is 0 Å². The minimum Gasteiger partial charge on any atom is 1.00 e. The smallest absolute Gasteiger partial charge is 1.00 e. The van der Waals surface area contributed by atoms with E-state index in [1.54, 1.807) is 12.1 Å². The van der Waals surface area contributed by atoms with Crippen LogP contribution >= 0.6 is 0 Å². The van der Waals surface area contributed by atoms with Gasteiger partial charge in [0.2, 0.25) is 0 Å². The van der Waals surface area contributed by atoms with Gasteiger partial charge >= 0.3 is 231 Å². The Morgan fingerprint density at radius 1 is 0.811 bits per heavy atom. The van der Waals surface area contributed by atoms with Crippen molar-refractivity contribution in [1.29, 1.82) is 0 Å². The summed E-state index contributed by atoms with van der Waals surface area (Å²) in [5.74, 6) is 0. The first kappa shape index (κ1) is 36.2. The Bertz CT molecular complexity index is 1430. The van der Waals surface area contributed by atoms with E-state index in [2.05, 4.69) is 26.0 Å². The first-order chi connectivity index (χ1) is 15.9. The van der Waals surface area contributed by atoms with Crippen LogP contribution in [0.15, 0.2) is 92.2 Å². The number of hydrogen-bond acceptors (Lipinski definition) is 12. The quantitative estimate of drug-likeness (QED) is 0.0833. The summed E-state index contributed by atoms with van der Waals surface area (Å²) in [5, 5.41) is 25.9. The minimum absolute atomic E-state index is 0. The summed E-state index contributed by atoms with van der Waals surface area (Å²) >= 11 is -6.01. The van der Waals surface area contributed by atoms with E-state index < -0.39 is 39.3 Å². The van der Waals surface area contributed by atoms with Crippen LogP contribution in [0.25, 0.3) is 0 Å². The second-order valence-corrected chi connectivity index (χ2v) is 10.9. The topological polar surface area (TPSA) is 225 Å². The van der Waals surface area contributed by atoms with Crippen LogP contribution in [0, 0.1) is 10.1 Å². The Balaban J connectivity index is 0.00000432. The van der Waals surface area contributed by atoms with E-state index in [0.717, 1.165) is 24.3 Å². The van der Waals surface area contributed by atoms with Gasteiger partial charge in [-0.15, -0.1) is 0 Å². The maximum atomic E-state index is 11.5. The molecular formula is C18H12AsN6Na3O8S.